The van der Waals surface area contributed by atoms with Crippen molar-refractivity contribution in [1.29, 1.82) is 0 Å². The van der Waals surface area contributed by atoms with Crippen molar-refractivity contribution in [2.75, 3.05) is 19.7 Å². The monoisotopic (exact) mass is 312 g/mol. The Labute approximate surface area is 137 Å². The van der Waals surface area contributed by atoms with Crippen LogP contribution in [0.25, 0.3) is 11.1 Å². The molecule has 0 aromatic heterocycles. The lowest BCUT2D eigenvalue weighted by atomic mass is 10.1. The van der Waals surface area contributed by atoms with Crippen molar-refractivity contribution in [1.82, 2.24) is 10.6 Å². The van der Waals surface area contributed by atoms with Gasteiger partial charge in [0.15, 0.2) is 6.61 Å². The van der Waals surface area contributed by atoms with E-state index in [-0.39, 0.29) is 18.6 Å². The van der Waals surface area contributed by atoms with E-state index in [0.29, 0.717) is 12.3 Å². The molecule has 0 saturated carbocycles. The fraction of sp³-hybridized carbons (Fsp3) is 0.316. The molecule has 4 heteroatoms. The first-order chi connectivity index (χ1) is 11.2. The zero-order valence-electron chi connectivity index (χ0n) is 13.7. The normalized spacial score (nSPS) is 11.7. The summed E-state index contributed by atoms with van der Waals surface area (Å²) in [5.74, 6) is 0.603. The molecule has 0 aliphatic carbocycles. The van der Waals surface area contributed by atoms with Crippen LogP contribution in [0.5, 0.6) is 5.75 Å². The first-order valence-corrected chi connectivity index (χ1v) is 7.98. The molecule has 0 heterocycles. The van der Waals surface area contributed by atoms with Gasteiger partial charge in [-0.1, -0.05) is 55.5 Å². The minimum absolute atomic E-state index is 0.0166. The van der Waals surface area contributed by atoms with Crippen LogP contribution in [0, 0.1) is 0 Å². The fourth-order valence-corrected chi connectivity index (χ4v) is 2.33. The lowest BCUT2D eigenvalue weighted by Gasteiger charge is -2.14. The number of amides is 1. The van der Waals surface area contributed by atoms with E-state index in [1.54, 1.807) is 0 Å². The van der Waals surface area contributed by atoms with Crippen LogP contribution in [-0.4, -0.2) is 31.6 Å². The van der Waals surface area contributed by atoms with Crippen molar-refractivity contribution >= 4 is 5.91 Å². The van der Waals surface area contributed by atoms with Crippen molar-refractivity contribution in [3.8, 4) is 16.9 Å². The maximum absolute atomic E-state index is 11.9. The van der Waals surface area contributed by atoms with Gasteiger partial charge in [0.1, 0.15) is 5.75 Å². The Morgan fingerprint density at radius 3 is 2.52 bits per heavy atom. The van der Waals surface area contributed by atoms with E-state index < -0.39 is 0 Å². The molecule has 1 atom stereocenters. The van der Waals surface area contributed by atoms with E-state index in [2.05, 4.69) is 10.6 Å². The van der Waals surface area contributed by atoms with Crippen LogP contribution in [0.15, 0.2) is 54.6 Å². The van der Waals surface area contributed by atoms with E-state index in [1.807, 2.05) is 68.4 Å². The van der Waals surface area contributed by atoms with Gasteiger partial charge in [-0.2, -0.15) is 0 Å². The molecule has 2 aromatic carbocycles. The summed E-state index contributed by atoms with van der Waals surface area (Å²) in [4.78, 5) is 11.9. The molecule has 23 heavy (non-hydrogen) atoms. The number of likely N-dealkylation sites (N-methyl/N-ethyl adjacent to an activating group) is 1. The van der Waals surface area contributed by atoms with Crippen molar-refractivity contribution < 1.29 is 9.53 Å². The first kappa shape index (κ1) is 17.0. The fourth-order valence-electron chi connectivity index (χ4n) is 2.33. The SMILES string of the molecule is CCN[C@H](C)CNC(=O)COc1ccccc1-c1ccccc1. The van der Waals surface area contributed by atoms with E-state index in [9.17, 15) is 4.79 Å². The van der Waals surface area contributed by atoms with Gasteiger partial charge in [-0.25, -0.2) is 0 Å². The van der Waals surface area contributed by atoms with Gasteiger partial charge in [-0.15, -0.1) is 0 Å². The molecule has 0 radical (unpaired) electrons. The summed E-state index contributed by atoms with van der Waals surface area (Å²) in [5.41, 5.74) is 2.06. The van der Waals surface area contributed by atoms with Gasteiger partial charge in [-0.3, -0.25) is 4.79 Å². The number of hydrogen-bond donors (Lipinski definition) is 2. The molecule has 0 unspecified atom stereocenters. The first-order valence-electron chi connectivity index (χ1n) is 7.98. The van der Waals surface area contributed by atoms with Gasteiger partial charge in [0.05, 0.1) is 0 Å². The van der Waals surface area contributed by atoms with Gasteiger partial charge >= 0.3 is 0 Å². The van der Waals surface area contributed by atoms with Crippen LogP contribution in [0.3, 0.4) is 0 Å². The predicted octanol–water partition coefficient (Wildman–Crippen LogP) is 2.85. The van der Waals surface area contributed by atoms with Crippen molar-refractivity contribution in [3.05, 3.63) is 54.6 Å². The summed E-state index contributed by atoms with van der Waals surface area (Å²) < 4.78 is 5.71. The number of rotatable bonds is 8. The number of nitrogens with one attached hydrogen (secondary N) is 2. The summed E-state index contributed by atoms with van der Waals surface area (Å²) in [7, 11) is 0. The zero-order valence-corrected chi connectivity index (χ0v) is 13.7. The average molecular weight is 312 g/mol. The van der Waals surface area contributed by atoms with E-state index in [1.165, 1.54) is 0 Å². The maximum Gasteiger partial charge on any atom is 0.257 e. The lowest BCUT2D eigenvalue weighted by Crippen LogP contribution is -2.40. The molecule has 0 aliphatic rings. The molecular formula is C19H24N2O2. The molecular weight excluding hydrogens is 288 g/mol. The minimum Gasteiger partial charge on any atom is -0.483 e. The van der Waals surface area contributed by atoms with Crippen molar-refractivity contribution in [2.24, 2.45) is 0 Å². The van der Waals surface area contributed by atoms with Gasteiger partial charge in [-0.05, 0) is 25.1 Å². The molecule has 0 spiro atoms. The number of hydrogen-bond acceptors (Lipinski definition) is 3. The maximum atomic E-state index is 11.9. The number of para-hydroxylation sites is 1. The van der Waals surface area contributed by atoms with Crippen LogP contribution in [0.4, 0.5) is 0 Å². The van der Waals surface area contributed by atoms with E-state index in [4.69, 9.17) is 4.74 Å². The highest BCUT2D eigenvalue weighted by molar-refractivity contribution is 5.78. The van der Waals surface area contributed by atoms with Crippen LogP contribution in [0.2, 0.25) is 0 Å². The second-order valence-electron chi connectivity index (χ2n) is 5.41. The summed E-state index contributed by atoms with van der Waals surface area (Å²) >= 11 is 0. The molecule has 0 saturated heterocycles. The Morgan fingerprint density at radius 1 is 1.09 bits per heavy atom. The van der Waals surface area contributed by atoms with E-state index in [0.717, 1.165) is 17.7 Å². The third kappa shape index (κ3) is 5.42. The molecule has 2 rings (SSSR count). The largest absolute Gasteiger partial charge is 0.483 e. The molecule has 1 amide bonds. The van der Waals surface area contributed by atoms with Gasteiger partial charge in [0.25, 0.3) is 5.91 Å². The molecule has 2 N–H and O–H groups in total. The molecule has 0 bridgehead atoms. The molecule has 4 nitrogen and oxygen atoms in total. The number of carbonyl (C=O) groups excluding carboxylic acids is 1. The van der Waals surface area contributed by atoms with Crippen molar-refractivity contribution in [2.45, 2.75) is 19.9 Å². The zero-order chi connectivity index (χ0) is 16.5. The highest BCUT2D eigenvalue weighted by Crippen LogP contribution is 2.29. The minimum atomic E-state index is -0.113. The number of ether oxygens (including phenoxy) is 1. The topological polar surface area (TPSA) is 50.4 Å². The second kappa shape index (κ2) is 8.96. The summed E-state index contributed by atoms with van der Waals surface area (Å²) in [6, 6.07) is 18.0. The second-order valence-corrected chi connectivity index (χ2v) is 5.41. The summed E-state index contributed by atoms with van der Waals surface area (Å²) in [6.45, 7) is 5.58. The highest BCUT2D eigenvalue weighted by atomic mass is 16.5. The smallest absolute Gasteiger partial charge is 0.257 e. The highest BCUT2D eigenvalue weighted by Gasteiger charge is 2.09. The van der Waals surface area contributed by atoms with Crippen molar-refractivity contribution in [3.63, 3.8) is 0 Å². The Kier molecular flexibility index (Phi) is 6.63. The number of benzene rings is 2. The van der Waals surface area contributed by atoms with Crippen LogP contribution < -0.4 is 15.4 Å². The Balaban J connectivity index is 1.92. The van der Waals surface area contributed by atoms with Gasteiger partial charge in [0, 0.05) is 18.2 Å². The van der Waals surface area contributed by atoms with E-state index >= 15 is 0 Å². The summed E-state index contributed by atoms with van der Waals surface area (Å²) in [6.07, 6.45) is 0. The lowest BCUT2D eigenvalue weighted by molar-refractivity contribution is -0.123. The van der Waals surface area contributed by atoms with Gasteiger partial charge < -0.3 is 15.4 Å². The average Bonchev–Trinajstić information content (AvgIpc) is 2.59. The van der Waals surface area contributed by atoms with Crippen LogP contribution in [-0.2, 0) is 4.79 Å². The van der Waals surface area contributed by atoms with Gasteiger partial charge in [0.2, 0.25) is 0 Å². The Hall–Kier alpha value is -2.33. The Morgan fingerprint density at radius 2 is 1.78 bits per heavy atom. The standard InChI is InChI=1S/C19H24N2O2/c1-3-20-15(2)13-21-19(22)14-23-18-12-8-7-11-17(18)16-9-5-4-6-10-16/h4-12,15,20H,3,13-14H2,1-2H3,(H,21,22)/t15-/m1/s1. The molecule has 0 aliphatic heterocycles. The summed E-state index contributed by atoms with van der Waals surface area (Å²) in [5, 5.41) is 6.12. The quantitative estimate of drug-likeness (QED) is 0.788. The van der Waals surface area contributed by atoms with Crippen LogP contribution in [0.1, 0.15) is 13.8 Å². The van der Waals surface area contributed by atoms with Crippen LogP contribution >= 0.6 is 0 Å². The molecule has 2 aromatic rings. The predicted molar refractivity (Wildman–Crippen MR) is 93.5 cm³/mol. The molecule has 122 valence electrons. The Bertz CT molecular complexity index is 614. The molecule has 0 fully saturated rings. The third-order valence-electron chi connectivity index (χ3n) is 3.49. The third-order valence-corrected chi connectivity index (χ3v) is 3.49. The number of carbonyl (C=O) groups is 1.